The molecule has 0 heterocycles. The van der Waals surface area contributed by atoms with Gasteiger partial charge in [0.2, 0.25) is 0 Å². The van der Waals surface area contributed by atoms with Crippen molar-refractivity contribution in [2.45, 2.75) is 38.8 Å². The number of urea groups is 1. The van der Waals surface area contributed by atoms with Gasteiger partial charge in [-0.2, -0.15) is 0 Å². The highest BCUT2D eigenvalue weighted by molar-refractivity contribution is 5.77. The molecule has 1 unspecified atom stereocenters. The Morgan fingerprint density at radius 1 is 1.44 bits per heavy atom. The average Bonchev–Trinajstić information content (AvgIpc) is 2.23. The number of hydrogen-bond acceptors (Lipinski definition) is 3. The molecular weight excluding hydrogens is 212 g/mol. The van der Waals surface area contributed by atoms with Crippen molar-refractivity contribution in [3.8, 4) is 0 Å². The monoisotopic (exact) mass is 232 g/mol. The highest BCUT2D eigenvalue weighted by Gasteiger charge is 2.26. The van der Waals surface area contributed by atoms with Crippen molar-refractivity contribution in [1.82, 2.24) is 10.2 Å². The Bertz CT molecular complexity index is 266. The van der Waals surface area contributed by atoms with Crippen LogP contribution in [0, 0.1) is 0 Å². The molecule has 94 valence electrons. The summed E-state index contributed by atoms with van der Waals surface area (Å²) in [6.45, 7) is 5.47. The van der Waals surface area contributed by atoms with E-state index in [4.69, 9.17) is 10.2 Å². The van der Waals surface area contributed by atoms with E-state index in [0.717, 1.165) is 6.42 Å². The van der Waals surface area contributed by atoms with Crippen LogP contribution in [-0.2, 0) is 4.79 Å². The minimum atomic E-state index is -1.57. The minimum Gasteiger partial charge on any atom is -0.479 e. The van der Waals surface area contributed by atoms with Crippen LogP contribution in [0.2, 0.25) is 0 Å². The van der Waals surface area contributed by atoms with Crippen LogP contribution >= 0.6 is 0 Å². The topological polar surface area (TPSA) is 89.9 Å². The van der Waals surface area contributed by atoms with E-state index in [1.165, 1.54) is 4.90 Å². The molecule has 0 saturated heterocycles. The number of carboxylic acids is 1. The predicted octanol–water partition coefficient (Wildman–Crippen LogP) is 0.262. The molecule has 0 fully saturated rings. The normalized spacial score (nSPS) is 13.1. The average molecular weight is 232 g/mol. The summed E-state index contributed by atoms with van der Waals surface area (Å²) in [5.74, 6) is -1.35. The molecule has 0 rings (SSSR count). The van der Waals surface area contributed by atoms with Gasteiger partial charge in [0.15, 0.2) is 6.10 Å². The van der Waals surface area contributed by atoms with Gasteiger partial charge in [0.1, 0.15) is 0 Å². The Morgan fingerprint density at radius 2 is 1.94 bits per heavy atom. The van der Waals surface area contributed by atoms with Crippen molar-refractivity contribution in [1.29, 1.82) is 0 Å². The van der Waals surface area contributed by atoms with Crippen LogP contribution in [0.3, 0.4) is 0 Å². The third-order valence-electron chi connectivity index (χ3n) is 2.81. The molecule has 0 aliphatic carbocycles. The standard InChI is InChI=1S/C10H20N2O4/c1-5-10(2,3)12(4)9(16)11-6-7(13)8(14)15/h7,13H,5-6H2,1-4H3,(H,11,16)(H,14,15). The molecule has 0 aliphatic heterocycles. The van der Waals surface area contributed by atoms with Crippen LogP contribution in [0.1, 0.15) is 27.2 Å². The molecule has 2 amide bonds. The van der Waals surface area contributed by atoms with E-state index in [2.05, 4.69) is 5.32 Å². The molecule has 0 aromatic carbocycles. The van der Waals surface area contributed by atoms with E-state index < -0.39 is 18.1 Å². The van der Waals surface area contributed by atoms with Gasteiger partial charge in [-0.15, -0.1) is 0 Å². The number of amides is 2. The lowest BCUT2D eigenvalue weighted by molar-refractivity contribution is -0.146. The van der Waals surface area contributed by atoms with Crippen molar-refractivity contribution >= 4 is 12.0 Å². The zero-order valence-corrected chi connectivity index (χ0v) is 10.1. The maximum Gasteiger partial charge on any atom is 0.334 e. The first-order valence-electron chi connectivity index (χ1n) is 5.15. The Morgan fingerprint density at radius 3 is 2.31 bits per heavy atom. The molecule has 0 radical (unpaired) electrons. The number of aliphatic hydroxyl groups excluding tert-OH is 1. The lowest BCUT2D eigenvalue weighted by Crippen LogP contribution is -2.51. The van der Waals surface area contributed by atoms with Crippen molar-refractivity contribution in [2.75, 3.05) is 13.6 Å². The summed E-state index contributed by atoms with van der Waals surface area (Å²) in [4.78, 5) is 23.4. The van der Waals surface area contributed by atoms with Crippen LogP contribution in [0.15, 0.2) is 0 Å². The summed E-state index contributed by atoms with van der Waals surface area (Å²) >= 11 is 0. The first-order chi connectivity index (χ1) is 7.22. The number of carbonyl (C=O) groups is 2. The second-order valence-electron chi connectivity index (χ2n) is 4.27. The third-order valence-corrected chi connectivity index (χ3v) is 2.81. The molecule has 0 aromatic heterocycles. The smallest absolute Gasteiger partial charge is 0.334 e. The number of nitrogens with zero attached hydrogens (tertiary/aromatic N) is 1. The van der Waals surface area contributed by atoms with Crippen molar-refractivity contribution in [3.63, 3.8) is 0 Å². The molecule has 6 heteroatoms. The summed E-state index contributed by atoms with van der Waals surface area (Å²) in [7, 11) is 1.63. The van der Waals surface area contributed by atoms with Crippen molar-refractivity contribution in [3.05, 3.63) is 0 Å². The van der Waals surface area contributed by atoms with E-state index in [1.54, 1.807) is 7.05 Å². The second kappa shape index (κ2) is 5.69. The van der Waals surface area contributed by atoms with Gasteiger partial charge in [-0.25, -0.2) is 9.59 Å². The first-order valence-corrected chi connectivity index (χ1v) is 5.15. The maximum absolute atomic E-state index is 11.6. The van der Waals surface area contributed by atoms with Gasteiger partial charge in [0, 0.05) is 12.6 Å². The number of hydrogen-bond donors (Lipinski definition) is 3. The molecule has 0 spiro atoms. The van der Waals surface area contributed by atoms with Gasteiger partial charge in [-0.1, -0.05) is 6.92 Å². The van der Waals surface area contributed by atoms with E-state index in [1.807, 2.05) is 20.8 Å². The lowest BCUT2D eigenvalue weighted by atomic mass is 10.0. The van der Waals surface area contributed by atoms with Crippen molar-refractivity contribution in [2.24, 2.45) is 0 Å². The summed E-state index contributed by atoms with van der Waals surface area (Å²) in [5.41, 5.74) is -0.307. The van der Waals surface area contributed by atoms with E-state index in [-0.39, 0.29) is 12.1 Å². The number of carboxylic acid groups (broad SMARTS) is 1. The van der Waals surface area contributed by atoms with E-state index >= 15 is 0 Å². The molecule has 0 bridgehead atoms. The zero-order valence-electron chi connectivity index (χ0n) is 10.1. The van der Waals surface area contributed by atoms with Crippen LogP contribution < -0.4 is 5.32 Å². The van der Waals surface area contributed by atoms with Crippen LogP contribution in [0.25, 0.3) is 0 Å². The number of carbonyl (C=O) groups excluding carboxylic acids is 1. The fourth-order valence-corrected chi connectivity index (χ4v) is 0.902. The number of aliphatic carboxylic acids is 1. The van der Waals surface area contributed by atoms with Gasteiger partial charge in [-0.3, -0.25) is 0 Å². The molecule has 16 heavy (non-hydrogen) atoms. The van der Waals surface area contributed by atoms with E-state index in [9.17, 15) is 9.59 Å². The highest BCUT2D eigenvalue weighted by Crippen LogP contribution is 2.15. The fourth-order valence-electron chi connectivity index (χ4n) is 0.902. The SMILES string of the molecule is CCC(C)(C)N(C)C(=O)NCC(O)C(=O)O. The Balaban J connectivity index is 4.22. The predicted molar refractivity (Wildman–Crippen MR) is 59.2 cm³/mol. The summed E-state index contributed by atoms with van der Waals surface area (Å²) in [6.07, 6.45) is -0.791. The number of aliphatic hydroxyl groups is 1. The quantitative estimate of drug-likeness (QED) is 0.634. The Kier molecular flexibility index (Phi) is 5.23. The Hall–Kier alpha value is -1.30. The van der Waals surface area contributed by atoms with Gasteiger partial charge < -0.3 is 20.4 Å². The third kappa shape index (κ3) is 4.06. The van der Waals surface area contributed by atoms with Gasteiger partial charge in [0.25, 0.3) is 0 Å². The Labute approximate surface area is 95.2 Å². The highest BCUT2D eigenvalue weighted by atomic mass is 16.4. The molecular formula is C10H20N2O4. The molecule has 0 aliphatic rings. The molecule has 6 nitrogen and oxygen atoms in total. The summed E-state index contributed by atoms with van der Waals surface area (Å²) in [6, 6.07) is -0.396. The van der Waals surface area contributed by atoms with Crippen molar-refractivity contribution < 1.29 is 19.8 Å². The molecule has 0 aromatic rings. The maximum atomic E-state index is 11.6. The fraction of sp³-hybridized carbons (Fsp3) is 0.800. The summed E-state index contributed by atoms with van der Waals surface area (Å²) < 4.78 is 0. The lowest BCUT2D eigenvalue weighted by Gasteiger charge is -2.34. The van der Waals surface area contributed by atoms with E-state index in [0.29, 0.717) is 0 Å². The van der Waals surface area contributed by atoms with Crippen LogP contribution in [0.4, 0.5) is 4.79 Å². The van der Waals surface area contributed by atoms with Crippen LogP contribution in [0.5, 0.6) is 0 Å². The first kappa shape index (κ1) is 14.7. The molecule has 1 atom stereocenters. The van der Waals surface area contributed by atoms with Gasteiger partial charge >= 0.3 is 12.0 Å². The minimum absolute atomic E-state index is 0.293. The van der Waals surface area contributed by atoms with Gasteiger partial charge in [0.05, 0.1) is 6.54 Å². The molecule has 0 saturated carbocycles. The molecule has 3 N–H and O–H groups in total. The largest absolute Gasteiger partial charge is 0.479 e. The van der Waals surface area contributed by atoms with Crippen LogP contribution in [-0.4, -0.2) is 52.3 Å². The van der Waals surface area contributed by atoms with Gasteiger partial charge in [-0.05, 0) is 20.3 Å². The zero-order chi connectivity index (χ0) is 12.9. The number of nitrogens with one attached hydrogen (secondary N) is 1. The second-order valence-corrected chi connectivity index (χ2v) is 4.27. The summed E-state index contributed by atoms with van der Waals surface area (Å²) in [5, 5.41) is 19.8. The number of rotatable bonds is 5.